The zero-order valence-corrected chi connectivity index (χ0v) is 8.94. The molecule has 1 aliphatic heterocycles. The van der Waals surface area contributed by atoms with Crippen LogP contribution in [0.15, 0.2) is 29.3 Å². The summed E-state index contributed by atoms with van der Waals surface area (Å²) in [5.74, 6) is 0.766. The van der Waals surface area contributed by atoms with Crippen molar-refractivity contribution < 1.29 is 4.74 Å². The van der Waals surface area contributed by atoms with Crippen molar-refractivity contribution in [2.45, 2.75) is 19.4 Å². The molecule has 0 saturated carbocycles. The Morgan fingerprint density at radius 2 is 2.13 bits per heavy atom. The van der Waals surface area contributed by atoms with Gasteiger partial charge >= 0.3 is 0 Å². The summed E-state index contributed by atoms with van der Waals surface area (Å²) in [6.07, 6.45) is 0.921. The average molecular weight is 204 g/mol. The summed E-state index contributed by atoms with van der Waals surface area (Å²) in [7, 11) is 0. The van der Waals surface area contributed by atoms with Gasteiger partial charge in [-0.2, -0.15) is 0 Å². The van der Waals surface area contributed by atoms with Crippen LogP contribution in [0.5, 0.6) is 0 Å². The normalized spacial score (nSPS) is 19.9. The van der Waals surface area contributed by atoms with E-state index in [0.717, 1.165) is 17.9 Å². The molecule has 0 aliphatic carbocycles. The highest BCUT2D eigenvalue weighted by atomic mass is 16.5. The van der Waals surface area contributed by atoms with Crippen LogP contribution in [0.3, 0.4) is 0 Å². The Bertz CT molecular complexity index is 356. The predicted molar refractivity (Wildman–Crippen MR) is 61.2 cm³/mol. The molecule has 1 unspecified atom stereocenters. The molecular weight excluding hydrogens is 188 g/mol. The number of nitrogens with zero attached hydrogens (tertiary/aromatic N) is 1. The van der Waals surface area contributed by atoms with Gasteiger partial charge in [0.05, 0.1) is 6.04 Å². The van der Waals surface area contributed by atoms with Crippen LogP contribution in [0.4, 0.5) is 0 Å². The van der Waals surface area contributed by atoms with Crippen LogP contribution in [-0.4, -0.2) is 25.1 Å². The smallest absolute Gasteiger partial charge is 0.216 e. The molecule has 1 aliphatic rings. The zero-order valence-electron chi connectivity index (χ0n) is 8.94. The molecular formula is C12H16N2O. The summed E-state index contributed by atoms with van der Waals surface area (Å²) in [6.45, 7) is 3.43. The summed E-state index contributed by atoms with van der Waals surface area (Å²) < 4.78 is 5.48. The number of ether oxygens (including phenoxy) is 1. The van der Waals surface area contributed by atoms with E-state index in [4.69, 9.17) is 10.5 Å². The van der Waals surface area contributed by atoms with Gasteiger partial charge in [-0.3, -0.25) is 0 Å². The quantitative estimate of drug-likeness (QED) is 0.808. The molecule has 0 saturated heterocycles. The van der Waals surface area contributed by atoms with Crippen LogP contribution in [-0.2, 0) is 11.2 Å². The zero-order chi connectivity index (χ0) is 10.7. The van der Waals surface area contributed by atoms with Gasteiger partial charge in [0.1, 0.15) is 6.61 Å². The molecule has 1 aromatic rings. The molecule has 1 atom stereocenters. The lowest BCUT2D eigenvalue weighted by Crippen LogP contribution is -2.04. The topological polar surface area (TPSA) is 47.6 Å². The number of aliphatic imine (C=N–C) groups is 1. The molecule has 2 rings (SSSR count). The van der Waals surface area contributed by atoms with E-state index in [9.17, 15) is 0 Å². The SMILES string of the molecule is CC1COC(c2ccc(CCN)cc2)=N1. The van der Waals surface area contributed by atoms with Crippen molar-refractivity contribution in [3.8, 4) is 0 Å². The van der Waals surface area contributed by atoms with Crippen LogP contribution in [0.25, 0.3) is 0 Å². The second-order valence-corrected chi connectivity index (χ2v) is 3.83. The van der Waals surface area contributed by atoms with E-state index < -0.39 is 0 Å². The number of hydrogen-bond acceptors (Lipinski definition) is 3. The molecule has 80 valence electrons. The summed E-state index contributed by atoms with van der Waals surface area (Å²) in [4.78, 5) is 4.40. The van der Waals surface area contributed by atoms with Crippen molar-refractivity contribution in [2.75, 3.05) is 13.2 Å². The van der Waals surface area contributed by atoms with E-state index in [1.165, 1.54) is 5.56 Å². The fourth-order valence-electron chi connectivity index (χ4n) is 1.61. The maximum absolute atomic E-state index is 5.49. The predicted octanol–water partition coefficient (Wildman–Crippen LogP) is 1.35. The van der Waals surface area contributed by atoms with Crippen LogP contribution in [0, 0.1) is 0 Å². The molecule has 1 heterocycles. The standard InChI is InChI=1S/C12H16N2O/c1-9-8-15-12(14-9)11-4-2-10(3-5-11)6-7-13/h2-5,9H,6-8,13H2,1H3. The Balaban J connectivity index is 2.13. The van der Waals surface area contributed by atoms with E-state index in [0.29, 0.717) is 13.2 Å². The van der Waals surface area contributed by atoms with E-state index >= 15 is 0 Å². The van der Waals surface area contributed by atoms with Gasteiger partial charge in [0.2, 0.25) is 5.90 Å². The molecule has 0 amide bonds. The molecule has 3 heteroatoms. The summed E-state index contributed by atoms with van der Waals surface area (Å²) in [5.41, 5.74) is 7.80. The van der Waals surface area contributed by atoms with Crippen molar-refractivity contribution in [2.24, 2.45) is 10.7 Å². The van der Waals surface area contributed by atoms with Gasteiger partial charge in [0.25, 0.3) is 0 Å². The highest BCUT2D eigenvalue weighted by Gasteiger charge is 2.15. The first-order chi connectivity index (χ1) is 7.29. The number of rotatable bonds is 3. The van der Waals surface area contributed by atoms with Gasteiger partial charge in [-0.05, 0) is 37.6 Å². The monoisotopic (exact) mass is 204 g/mol. The van der Waals surface area contributed by atoms with Gasteiger partial charge in [0.15, 0.2) is 0 Å². The highest BCUT2D eigenvalue weighted by molar-refractivity contribution is 5.95. The summed E-state index contributed by atoms with van der Waals surface area (Å²) >= 11 is 0. The molecule has 15 heavy (non-hydrogen) atoms. The Labute approximate surface area is 90.0 Å². The highest BCUT2D eigenvalue weighted by Crippen LogP contribution is 2.12. The lowest BCUT2D eigenvalue weighted by Gasteiger charge is -2.03. The third kappa shape index (κ3) is 2.36. The van der Waals surface area contributed by atoms with E-state index in [1.807, 2.05) is 12.1 Å². The number of nitrogens with two attached hydrogens (primary N) is 1. The molecule has 0 spiro atoms. The first kappa shape index (κ1) is 10.2. The number of benzene rings is 1. The van der Waals surface area contributed by atoms with Crippen LogP contribution >= 0.6 is 0 Å². The average Bonchev–Trinajstić information content (AvgIpc) is 2.67. The van der Waals surface area contributed by atoms with Crippen molar-refractivity contribution in [1.29, 1.82) is 0 Å². The van der Waals surface area contributed by atoms with E-state index in [1.54, 1.807) is 0 Å². The second-order valence-electron chi connectivity index (χ2n) is 3.83. The van der Waals surface area contributed by atoms with Crippen molar-refractivity contribution >= 4 is 5.90 Å². The molecule has 0 bridgehead atoms. The summed E-state index contributed by atoms with van der Waals surface area (Å²) in [5, 5.41) is 0. The van der Waals surface area contributed by atoms with E-state index in [2.05, 4.69) is 24.0 Å². The van der Waals surface area contributed by atoms with Gasteiger partial charge < -0.3 is 10.5 Å². The minimum Gasteiger partial charge on any atom is -0.475 e. The molecule has 1 aromatic carbocycles. The lowest BCUT2D eigenvalue weighted by atomic mass is 10.1. The Hall–Kier alpha value is -1.35. The molecule has 0 fully saturated rings. The Kier molecular flexibility index (Phi) is 3.02. The maximum Gasteiger partial charge on any atom is 0.216 e. The maximum atomic E-state index is 5.49. The van der Waals surface area contributed by atoms with Crippen molar-refractivity contribution in [3.63, 3.8) is 0 Å². The summed E-state index contributed by atoms with van der Waals surface area (Å²) in [6, 6.07) is 8.53. The second kappa shape index (κ2) is 4.45. The van der Waals surface area contributed by atoms with Gasteiger partial charge in [-0.25, -0.2) is 4.99 Å². The third-order valence-corrected chi connectivity index (χ3v) is 2.43. The lowest BCUT2D eigenvalue weighted by molar-refractivity contribution is 0.324. The van der Waals surface area contributed by atoms with Crippen molar-refractivity contribution in [1.82, 2.24) is 0 Å². The third-order valence-electron chi connectivity index (χ3n) is 2.43. The molecule has 0 aromatic heterocycles. The number of hydrogen-bond donors (Lipinski definition) is 1. The minimum absolute atomic E-state index is 0.281. The van der Waals surface area contributed by atoms with Crippen molar-refractivity contribution in [3.05, 3.63) is 35.4 Å². The van der Waals surface area contributed by atoms with Crippen LogP contribution in [0.1, 0.15) is 18.1 Å². The molecule has 2 N–H and O–H groups in total. The fraction of sp³-hybridized carbons (Fsp3) is 0.417. The first-order valence-corrected chi connectivity index (χ1v) is 5.29. The van der Waals surface area contributed by atoms with Gasteiger partial charge in [-0.1, -0.05) is 12.1 Å². The van der Waals surface area contributed by atoms with Gasteiger partial charge in [0, 0.05) is 5.56 Å². The fourth-order valence-corrected chi connectivity index (χ4v) is 1.61. The molecule has 3 nitrogen and oxygen atoms in total. The van der Waals surface area contributed by atoms with Gasteiger partial charge in [-0.15, -0.1) is 0 Å². The van der Waals surface area contributed by atoms with Crippen LogP contribution in [0.2, 0.25) is 0 Å². The minimum atomic E-state index is 0.281. The largest absolute Gasteiger partial charge is 0.475 e. The molecule has 0 radical (unpaired) electrons. The van der Waals surface area contributed by atoms with Crippen LogP contribution < -0.4 is 5.73 Å². The van der Waals surface area contributed by atoms with E-state index in [-0.39, 0.29) is 6.04 Å². The Morgan fingerprint density at radius 1 is 1.40 bits per heavy atom. The first-order valence-electron chi connectivity index (χ1n) is 5.29. The Morgan fingerprint density at radius 3 is 2.67 bits per heavy atom.